The van der Waals surface area contributed by atoms with Crippen molar-refractivity contribution in [2.24, 2.45) is 0 Å². The smallest absolute Gasteiger partial charge is 0.164 e. The molecule has 2 aromatic heterocycles. The van der Waals surface area contributed by atoms with E-state index in [1.165, 1.54) is 53.6 Å². The molecule has 2 heterocycles. The van der Waals surface area contributed by atoms with E-state index >= 15 is 0 Å². The lowest BCUT2D eigenvalue weighted by atomic mass is 9.78. The minimum atomic E-state index is -0.149. The summed E-state index contributed by atoms with van der Waals surface area (Å²) in [7, 11) is 0. The molecule has 0 spiro atoms. The Bertz CT molecular complexity index is 2370. The van der Waals surface area contributed by atoms with E-state index in [1.54, 1.807) is 0 Å². The number of hydrogen-bond acceptors (Lipinski definition) is 4. The first-order valence-electron chi connectivity index (χ1n) is 15.6. The van der Waals surface area contributed by atoms with E-state index in [0.717, 1.165) is 16.7 Å². The molecular formula is C42H29N3S. The van der Waals surface area contributed by atoms with Crippen molar-refractivity contribution in [3.63, 3.8) is 0 Å². The number of rotatable bonds is 4. The molecule has 1 aliphatic rings. The van der Waals surface area contributed by atoms with Crippen LogP contribution in [0.1, 0.15) is 25.0 Å². The zero-order valence-electron chi connectivity index (χ0n) is 25.5. The molecule has 0 saturated heterocycles. The standard InChI is InChI=1S/C42H29N3S/c1-42(2)36-30(17-11-18-32(36)33-24-25-34-31-16-9-10-19-35(31)46-38(34)37(33)42)26-20-22-29(23-21-26)41-44-39(27-12-5-3-6-13-27)43-40(45-41)28-14-7-4-8-15-28/h3-25H,1-2H3. The van der Waals surface area contributed by atoms with Gasteiger partial charge in [-0.2, -0.15) is 0 Å². The van der Waals surface area contributed by atoms with E-state index in [4.69, 9.17) is 15.0 Å². The van der Waals surface area contributed by atoms with Gasteiger partial charge in [-0.15, -0.1) is 11.3 Å². The molecule has 0 fully saturated rings. The monoisotopic (exact) mass is 607 g/mol. The van der Waals surface area contributed by atoms with Gasteiger partial charge < -0.3 is 0 Å². The Morgan fingerprint density at radius 1 is 0.413 bits per heavy atom. The Labute approximate surface area is 271 Å². The van der Waals surface area contributed by atoms with Gasteiger partial charge >= 0.3 is 0 Å². The van der Waals surface area contributed by atoms with Gasteiger partial charge in [0.15, 0.2) is 17.5 Å². The van der Waals surface area contributed by atoms with Crippen molar-refractivity contribution in [1.82, 2.24) is 15.0 Å². The van der Waals surface area contributed by atoms with Crippen molar-refractivity contribution < 1.29 is 0 Å². The summed E-state index contributed by atoms with van der Waals surface area (Å²) < 4.78 is 2.75. The number of aromatic nitrogens is 3. The second-order valence-electron chi connectivity index (χ2n) is 12.4. The summed E-state index contributed by atoms with van der Waals surface area (Å²) in [5.74, 6) is 2.00. The molecule has 6 aromatic carbocycles. The van der Waals surface area contributed by atoms with Gasteiger partial charge in [0, 0.05) is 42.3 Å². The molecular weight excluding hydrogens is 579 g/mol. The fourth-order valence-electron chi connectivity index (χ4n) is 7.19. The summed E-state index contributed by atoms with van der Waals surface area (Å²) in [4.78, 5) is 14.7. The molecule has 0 saturated carbocycles. The van der Waals surface area contributed by atoms with Gasteiger partial charge in [-0.25, -0.2) is 15.0 Å². The van der Waals surface area contributed by atoms with Crippen LogP contribution in [0.15, 0.2) is 140 Å². The highest BCUT2D eigenvalue weighted by molar-refractivity contribution is 7.26. The lowest BCUT2D eigenvalue weighted by Gasteiger charge is -2.25. The zero-order chi connectivity index (χ0) is 30.8. The number of nitrogens with zero attached hydrogens (tertiary/aromatic N) is 3. The van der Waals surface area contributed by atoms with Crippen LogP contribution in [0.5, 0.6) is 0 Å². The summed E-state index contributed by atoms with van der Waals surface area (Å²) in [5.41, 5.74) is 10.7. The predicted molar refractivity (Wildman–Crippen MR) is 192 cm³/mol. The maximum atomic E-state index is 4.94. The molecule has 46 heavy (non-hydrogen) atoms. The highest BCUT2D eigenvalue weighted by atomic mass is 32.1. The van der Waals surface area contributed by atoms with Crippen molar-refractivity contribution in [2.75, 3.05) is 0 Å². The third kappa shape index (κ3) is 4.14. The van der Waals surface area contributed by atoms with E-state index in [2.05, 4.69) is 92.7 Å². The molecule has 0 bridgehead atoms. The van der Waals surface area contributed by atoms with Crippen molar-refractivity contribution >= 4 is 31.5 Å². The molecule has 1 aliphatic carbocycles. The van der Waals surface area contributed by atoms with Gasteiger partial charge in [0.1, 0.15) is 0 Å². The Balaban J connectivity index is 1.15. The first-order chi connectivity index (χ1) is 22.6. The van der Waals surface area contributed by atoms with Crippen LogP contribution in [0.4, 0.5) is 0 Å². The second-order valence-corrected chi connectivity index (χ2v) is 13.5. The van der Waals surface area contributed by atoms with E-state index in [1.807, 2.05) is 72.0 Å². The predicted octanol–water partition coefficient (Wildman–Crippen LogP) is 11.2. The number of fused-ring (bicyclic) bond motifs is 7. The van der Waals surface area contributed by atoms with Crippen LogP contribution in [0.25, 0.3) is 76.6 Å². The molecule has 218 valence electrons. The Morgan fingerprint density at radius 3 is 1.59 bits per heavy atom. The van der Waals surface area contributed by atoms with Gasteiger partial charge in [-0.05, 0) is 39.4 Å². The van der Waals surface area contributed by atoms with E-state index in [-0.39, 0.29) is 5.41 Å². The van der Waals surface area contributed by atoms with Gasteiger partial charge in [0.2, 0.25) is 0 Å². The van der Waals surface area contributed by atoms with Crippen LogP contribution in [0, 0.1) is 0 Å². The van der Waals surface area contributed by atoms with Crippen LogP contribution in [0.3, 0.4) is 0 Å². The van der Waals surface area contributed by atoms with Crippen molar-refractivity contribution in [2.45, 2.75) is 19.3 Å². The largest absolute Gasteiger partial charge is 0.208 e. The minimum absolute atomic E-state index is 0.149. The molecule has 0 radical (unpaired) electrons. The number of benzene rings is 6. The summed E-state index contributed by atoms with van der Waals surface area (Å²) in [5, 5.41) is 2.70. The van der Waals surface area contributed by atoms with Crippen LogP contribution < -0.4 is 0 Å². The van der Waals surface area contributed by atoms with Crippen molar-refractivity contribution in [1.29, 1.82) is 0 Å². The molecule has 0 atom stereocenters. The van der Waals surface area contributed by atoms with E-state index in [9.17, 15) is 0 Å². The first-order valence-corrected chi connectivity index (χ1v) is 16.4. The Morgan fingerprint density at radius 2 is 0.935 bits per heavy atom. The average molecular weight is 608 g/mol. The highest BCUT2D eigenvalue weighted by Gasteiger charge is 2.39. The molecule has 3 nitrogen and oxygen atoms in total. The summed E-state index contributed by atoms with van der Waals surface area (Å²) in [6, 6.07) is 49.2. The molecule has 0 unspecified atom stereocenters. The van der Waals surface area contributed by atoms with Crippen LogP contribution in [0.2, 0.25) is 0 Å². The fourth-order valence-corrected chi connectivity index (χ4v) is 8.60. The van der Waals surface area contributed by atoms with Crippen molar-refractivity contribution in [3.05, 3.63) is 151 Å². The highest BCUT2D eigenvalue weighted by Crippen LogP contribution is 2.56. The van der Waals surface area contributed by atoms with Crippen molar-refractivity contribution in [3.8, 4) is 56.4 Å². The van der Waals surface area contributed by atoms with E-state index < -0.39 is 0 Å². The lowest BCUT2D eigenvalue weighted by molar-refractivity contribution is 0.669. The maximum Gasteiger partial charge on any atom is 0.164 e. The topological polar surface area (TPSA) is 38.7 Å². The van der Waals surface area contributed by atoms with Gasteiger partial charge in [0.25, 0.3) is 0 Å². The molecule has 0 amide bonds. The van der Waals surface area contributed by atoms with Gasteiger partial charge in [-0.1, -0.05) is 147 Å². The molecule has 9 rings (SSSR count). The Kier molecular flexibility index (Phi) is 6.02. The fraction of sp³-hybridized carbons (Fsp3) is 0.0714. The van der Waals surface area contributed by atoms with Gasteiger partial charge in [-0.3, -0.25) is 0 Å². The van der Waals surface area contributed by atoms with E-state index in [0.29, 0.717) is 17.5 Å². The maximum absolute atomic E-state index is 4.94. The Hall–Kier alpha value is -5.45. The third-order valence-electron chi connectivity index (χ3n) is 9.31. The number of thiophene rings is 1. The third-order valence-corrected chi connectivity index (χ3v) is 10.5. The zero-order valence-corrected chi connectivity index (χ0v) is 26.3. The minimum Gasteiger partial charge on any atom is -0.208 e. The van der Waals surface area contributed by atoms with Crippen LogP contribution in [-0.4, -0.2) is 15.0 Å². The normalized spacial score (nSPS) is 13.2. The molecule has 0 aliphatic heterocycles. The molecule has 0 N–H and O–H groups in total. The second kappa shape index (κ2) is 10.3. The molecule has 4 heteroatoms. The summed E-state index contributed by atoms with van der Waals surface area (Å²) in [6.45, 7) is 4.78. The summed E-state index contributed by atoms with van der Waals surface area (Å²) >= 11 is 1.92. The van der Waals surface area contributed by atoms with Gasteiger partial charge in [0.05, 0.1) is 0 Å². The van der Waals surface area contributed by atoms with Crippen LogP contribution in [-0.2, 0) is 5.41 Å². The molecule has 8 aromatic rings. The van der Waals surface area contributed by atoms with Crippen LogP contribution >= 0.6 is 11.3 Å². The number of hydrogen-bond donors (Lipinski definition) is 0. The quantitative estimate of drug-likeness (QED) is 0.200. The SMILES string of the molecule is CC1(C)c2c(-c3ccc(-c4nc(-c5ccccc5)nc(-c5ccccc5)n4)cc3)cccc2-c2ccc3c(sc4ccccc43)c21. The lowest BCUT2D eigenvalue weighted by Crippen LogP contribution is -2.16. The first kappa shape index (κ1) is 26.9. The average Bonchev–Trinajstić information content (AvgIpc) is 3.61. The summed E-state index contributed by atoms with van der Waals surface area (Å²) in [6.07, 6.45) is 0.